The standard InChI is InChI=1S/C20H25NO5/c22-18-16(13-25-12-15-9-5-2-6-10-15)26-20(24)17(19(18)23)21-11-14-7-3-1-4-8-14/h1-10,16-24H,11-13H2/t16-,17-,18-,19-,20?/m1/s1. The van der Waals surface area contributed by atoms with Crippen LogP contribution in [-0.4, -0.2) is 52.6 Å². The molecule has 0 bridgehead atoms. The second-order valence-corrected chi connectivity index (χ2v) is 6.44. The van der Waals surface area contributed by atoms with Gasteiger partial charge >= 0.3 is 0 Å². The van der Waals surface area contributed by atoms with Gasteiger partial charge in [-0.15, -0.1) is 0 Å². The fourth-order valence-corrected chi connectivity index (χ4v) is 3.00. The van der Waals surface area contributed by atoms with Gasteiger partial charge in [0.15, 0.2) is 6.29 Å². The topological polar surface area (TPSA) is 91.2 Å². The summed E-state index contributed by atoms with van der Waals surface area (Å²) in [7, 11) is 0. The van der Waals surface area contributed by atoms with E-state index in [0.717, 1.165) is 11.1 Å². The summed E-state index contributed by atoms with van der Waals surface area (Å²) in [6.07, 6.45) is -4.34. The zero-order valence-electron chi connectivity index (χ0n) is 14.4. The highest BCUT2D eigenvalue weighted by Gasteiger charge is 2.43. The van der Waals surface area contributed by atoms with Gasteiger partial charge in [0.1, 0.15) is 18.3 Å². The van der Waals surface area contributed by atoms with Gasteiger partial charge in [-0.3, -0.25) is 0 Å². The molecule has 1 fully saturated rings. The number of aliphatic hydroxyl groups excluding tert-OH is 3. The Kier molecular flexibility index (Phi) is 6.73. The van der Waals surface area contributed by atoms with Crippen molar-refractivity contribution in [3.8, 4) is 0 Å². The molecular formula is C20H25NO5. The maximum atomic E-state index is 10.4. The second kappa shape index (κ2) is 9.23. The van der Waals surface area contributed by atoms with Gasteiger partial charge in [-0.2, -0.15) is 0 Å². The van der Waals surface area contributed by atoms with E-state index in [0.29, 0.717) is 13.2 Å². The zero-order chi connectivity index (χ0) is 18.4. The van der Waals surface area contributed by atoms with Crippen molar-refractivity contribution in [1.29, 1.82) is 0 Å². The van der Waals surface area contributed by atoms with E-state index in [1.807, 2.05) is 60.7 Å². The summed E-state index contributed by atoms with van der Waals surface area (Å²) in [5, 5.41) is 33.9. The average molecular weight is 359 g/mol. The molecule has 0 aromatic heterocycles. The van der Waals surface area contributed by atoms with Crippen LogP contribution in [0.4, 0.5) is 0 Å². The van der Waals surface area contributed by atoms with Crippen molar-refractivity contribution in [1.82, 2.24) is 5.32 Å². The lowest BCUT2D eigenvalue weighted by atomic mass is 9.97. The summed E-state index contributed by atoms with van der Waals surface area (Å²) < 4.78 is 11.0. The number of ether oxygens (including phenoxy) is 2. The predicted octanol–water partition coefficient (Wildman–Crippen LogP) is 0.801. The molecule has 1 aliphatic heterocycles. The van der Waals surface area contributed by atoms with Crippen LogP contribution < -0.4 is 5.32 Å². The van der Waals surface area contributed by atoms with Crippen LogP contribution in [-0.2, 0) is 22.6 Å². The minimum atomic E-state index is -1.23. The van der Waals surface area contributed by atoms with Gasteiger partial charge in [0.2, 0.25) is 0 Å². The molecular weight excluding hydrogens is 334 g/mol. The lowest BCUT2D eigenvalue weighted by Crippen LogP contribution is -2.63. The molecule has 1 unspecified atom stereocenters. The van der Waals surface area contributed by atoms with E-state index in [-0.39, 0.29) is 6.61 Å². The van der Waals surface area contributed by atoms with Crippen molar-refractivity contribution in [3.63, 3.8) is 0 Å². The third kappa shape index (κ3) is 4.88. The molecule has 2 aromatic carbocycles. The van der Waals surface area contributed by atoms with E-state index < -0.39 is 30.6 Å². The molecule has 6 heteroatoms. The first-order valence-electron chi connectivity index (χ1n) is 8.74. The Labute approximate surface area is 153 Å². The highest BCUT2D eigenvalue weighted by atomic mass is 16.6. The first-order chi connectivity index (χ1) is 12.6. The molecule has 6 nitrogen and oxygen atoms in total. The fraction of sp³-hybridized carbons (Fsp3) is 0.400. The van der Waals surface area contributed by atoms with Crippen LogP contribution >= 0.6 is 0 Å². The minimum absolute atomic E-state index is 0.0790. The predicted molar refractivity (Wildman–Crippen MR) is 96.1 cm³/mol. The summed E-state index contributed by atoms with van der Waals surface area (Å²) in [4.78, 5) is 0. The Balaban J connectivity index is 1.49. The molecule has 26 heavy (non-hydrogen) atoms. The van der Waals surface area contributed by atoms with Gasteiger partial charge < -0.3 is 30.1 Å². The van der Waals surface area contributed by atoms with Gasteiger partial charge in [0.25, 0.3) is 0 Å². The second-order valence-electron chi connectivity index (χ2n) is 6.44. The molecule has 0 aliphatic carbocycles. The molecule has 2 aromatic rings. The lowest BCUT2D eigenvalue weighted by Gasteiger charge is -2.41. The van der Waals surface area contributed by atoms with Crippen LogP contribution in [0.3, 0.4) is 0 Å². The third-order valence-corrected chi connectivity index (χ3v) is 4.50. The van der Waals surface area contributed by atoms with Gasteiger partial charge in [-0.1, -0.05) is 60.7 Å². The molecule has 4 N–H and O–H groups in total. The van der Waals surface area contributed by atoms with Crippen LogP contribution in [0.5, 0.6) is 0 Å². The molecule has 3 rings (SSSR count). The molecule has 1 saturated heterocycles. The van der Waals surface area contributed by atoms with E-state index in [2.05, 4.69) is 5.32 Å². The van der Waals surface area contributed by atoms with E-state index in [9.17, 15) is 15.3 Å². The Morgan fingerprint density at radius 3 is 2.12 bits per heavy atom. The molecule has 5 atom stereocenters. The van der Waals surface area contributed by atoms with E-state index >= 15 is 0 Å². The molecule has 0 amide bonds. The zero-order valence-corrected chi connectivity index (χ0v) is 14.4. The molecule has 0 spiro atoms. The Morgan fingerprint density at radius 1 is 0.846 bits per heavy atom. The van der Waals surface area contributed by atoms with E-state index in [1.165, 1.54) is 0 Å². The van der Waals surface area contributed by atoms with Crippen molar-refractivity contribution >= 4 is 0 Å². The van der Waals surface area contributed by atoms with Crippen LogP contribution in [0.1, 0.15) is 11.1 Å². The monoisotopic (exact) mass is 359 g/mol. The van der Waals surface area contributed by atoms with Crippen molar-refractivity contribution in [2.45, 2.75) is 43.8 Å². The minimum Gasteiger partial charge on any atom is -0.388 e. The van der Waals surface area contributed by atoms with E-state index in [4.69, 9.17) is 9.47 Å². The Bertz CT molecular complexity index is 652. The molecule has 1 aliphatic rings. The summed E-state index contributed by atoms with van der Waals surface area (Å²) in [6, 6.07) is 18.5. The average Bonchev–Trinajstić information content (AvgIpc) is 2.67. The number of rotatable bonds is 7. The number of nitrogens with one attached hydrogen (secondary N) is 1. The van der Waals surface area contributed by atoms with Gasteiger partial charge in [-0.05, 0) is 11.1 Å². The van der Waals surface area contributed by atoms with Crippen molar-refractivity contribution < 1.29 is 24.8 Å². The van der Waals surface area contributed by atoms with Crippen LogP contribution in [0.2, 0.25) is 0 Å². The Morgan fingerprint density at radius 2 is 1.46 bits per heavy atom. The number of hydrogen-bond acceptors (Lipinski definition) is 6. The molecule has 140 valence electrons. The smallest absolute Gasteiger partial charge is 0.173 e. The SMILES string of the molecule is OC1O[C@H](COCc2ccccc2)[C@@H](O)[C@H](O)[C@H]1NCc1ccccc1. The summed E-state index contributed by atoms with van der Waals surface area (Å²) in [6.45, 7) is 0.899. The number of aliphatic hydroxyl groups is 3. The maximum absolute atomic E-state index is 10.4. The van der Waals surface area contributed by atoms with Gasteiger partial charge in [0.05, 0.1) is 19.3 Å². The van der Waals surface area contributed by atoms with E-state index in [1.54, 1.807) is 0 Å². The van der Waals surface area contributed by atoms with Crippen LogP contribution in [0.25, 0.3) is 0 Å². The summed E-state index contributed by atoms with van der Waals surface area (Å²) in [5.74, 6) is 0. The fourth-order valence-electron chi connectivity index (χ4n) is 3.00. The number of benzene rings is 2. The third-order valence-electron chi connectivity index (χ3n) is 4.50. The van der Waals surface area contributed by atoms with Crippen LogP contribution in [0.15, 0.2) is 60.7 Å². The number of hydrogen-bond donors (Lipinski definition) is 4. The molecule has 0 radical (unpaired) electrons. The summed E-state index contributed by atoms with van der Waals surface area (Å²) in [5.41, 5.74) is 2.01. The Hall–Kier alpha value is -1.80. The van der Waals surface area contributed by atoms with Crippen LogP contribution in [0, 0.1) is 0 Å². The highest BCUT2D eigenvalue weighted by Crippen LogP contribution is 2.21. The molecule has 1 heterocycles. The van der Waals surface area contributed by atoms with Crippen molar-refractivity contribution in [2.75, 3.05) is 6.61 Å². The first kappa shape index (κ1) is 19.0. The highest BCUT2D eigenvalue weighted by molar-refractivity contribution is 5.15. The quantitative estimate of drug-likeness (QED) is 0.585. The first-order valence-corrected chi connectivity index (χ1v) is 8.74. The van der Waals surface area contributed by atoms with Gasteiger partial charge in [-0.25, -0.2) is 0 Å². The largest absolute Gasteiger partial charge is 0.388 e. The van der Waals surface area contributed by atoms with Gasteiger partial charge in [0, 0.05) is 6.54 Å². The maximum Gasteiger partial charge on any atom is 0.173 e. The summed E-state index contributed by atoms with van der Waals surface area (Å²) >= 11 is 0. The van der Waals surface area contributed by atoms with Crippen molar-refractivity contribution in [3.05, 3.63) is 71.8 Å². The van der Waals surface area contributed by atoms with Crippen molar-refractivity contribution in [2.24, 2.45) is 0 Å². The molecule has 0 saturated carbocycles. The normalized spacial score (nSPS) is 28.8. The lowest BCUT2D eigenvalue weighted by molar-refractivity contribution is -0.258.